The van der Waals surface area contributed by atoms with E-state index in [9.17, 15) is 27.9 Å². The van der Waals surface area contributed by atoms with Crippen LogP contribution in [0.15, 0.2) is 6.20 Å². The number of rotatable bonds is 3. The van der Waals surface area contributed by atoms with E-state index in [0.29, 0.717) is 0 Å². The third-order valence-corrected chi connectivity index (χ3v) is 3.52. The second-order valence-corrected chi connectivity index (χ2v) is 5.02. The summed E-state index contributed by atoms with van der Waals surface area (Å²) in [6.45, 7) is -0.650. The quantitative estimate of drug-likeness (QED) is 0.655. The zero-order chi connectivity index (χ0) is 16.5. The SMILES string of the molecule is Nc1ncc(C[C@]2(C(=O)O)C[C@@H](C(F)(F)F)CNC2=O)nn1. The summed E-state index contributed by atoms with van der Waals surface area (Å²) in [4.78, 5) is 27.0. The largest absolute Gasteiger partial charge is 0.480 e. The van der Waals surface area contributed by atoms with Crippen molar-refractivity contribution in [3.05, 3.63) is 11.9 Å². The van der Waals surface area contributed by atoms with Crippen LogP contribution >= 0.6 is 0 Å². The summed E-state index contributed by atoms with van der Waals surface area (Å²) < 4.78 is 38.6. The van der Waals surface area contributed by atoms with Gasteiger partial charge in [0.2, 0.25) is 11.9 Å². The number of carbonyl (C=O) groups excluding carboxylic acids is 1. The number of nitrogen functional groups attached to an aromatic ring is 1. The van der Waals surface area contributed by atoms with E-state index in [-0.39, 0.29) is 11.6 Å². The van der Waals surface area contributed by atoms with Gasteiger partial charge in [0.1, 0.15) is 0 Å². The fourth-order valence-electron chi connectivity index (χ4n) is 2.31. The molecule has 1 amide bonds. The number of nitrogens with two attached hydrogens (primary N) is 1. The van der Waals surface area contributed by atoms with Crippen LogP contribution in [0.25, 0.3) is 0 Å². The van der Waals surface area contributed by atoms with Gasteiger partial charge in [-0.2, -0.15) is 18.3 Å². The second kappa shape index (κ2) is 5.39. The van der Waals surface area contributed by atoms with Gasteiger partial charge in [0, 0.05) is 13.0 Å². The Morgan fingerprint density at radius 1 is 1.50 bits per heavy atom. The average Bonchev–Trinajstić information content (AvgIpc) is 2.42. The number of hydrogen-bond acceptors (Lipinski definition) is 6. The van der Waals surface area contributed by atoms with Crippen molar-refractivity contribution in [1.82, 2.24) is 20.5 Å². The van der Waals surface area contributed by atoms with Crippen molar-refractivity contribution in [2.24, 2.45) is 11.3 Å². The molecule has 0 bridgehead atoms. The van der Waals surface area contributed by atoms with Crippen molar-refractivity contribution in [3.8, 4) is 0 Å². The average molecular weight is 319 g/mol. The minimum Gasteiger partial charge on any atom is -0.480 e. The van der Waals surface area contributed by atoms with Crippen LogP contribution < -0.4 is 11.1 Å². The third kappa shape index (κ3) is 2.92. The number of anilines is 1. The molecule has 0 unspecified atom stereocenters. The van der Waals surface area contributed by atoms with E-state index in [1.165, 1.54) is 0 Å². The Kier molecular flexibility index (Phi) is 3.90. The normalized spacial score (nSPS) is 25.6. The molecule has 2 heterocycles. The molecule has 0 spiro atoms. The summed E-state index contributed by atoms with van der Waals surface area (Å²) in [5, 5.41) is 18.3. The number of alkyl halides is 3. The van der Waals surface area contributed by atoms with Gasteiger partial charge < -0.3 is 16.2 Å². The molecule has 2 atom stereocenters. The van der Waals surface area contributed by atoms with Crippen molar-refractivity contribution in [1.29, 1.82) is 0 Å². The molecule has 1 fully saturated rings. The summed E-state index contributed by atoms with van der Waals surface area (Å²) in [5.74, 6) is -4.76. The summed E-state index contributed by atoms with van der Waals surface area (Å²) >= 11 is 0. The van der Waals surface area contributed by atoms with Gasteiger partial charge in [-0.1, -0.05) is 0 Å². The van der Waals surface area contributed by atoms with Crippen LogP contribution in [-0.4, -0.2) is 44.9 Å². The van der Waals surface area contributed by atoms with Crippen molar-refractivity contribution in [3.63, 3.8) is 0 Å². The number of carbonyl (C=O) groups is 2. The molecule has 8 nitrogen and oxygen atoms in total. The van der Waals surface area contributed by atoms with E-state index in [1.54, 1.807) is 0 Å². The van der Waals surface area contributed by atoms with Crippen molar-refractivity contribution < 1.29 is 27.9 Å². The van der Waals surface area contributed by atoms with Gasteiger partial charge in [-0.15, -0.1) is 5.10 Å². The van der Waals surface area contributed by atoms with E-state index in [0.717, 1.165) is 6.20 Å². The molecule has 1 saturated heterocycles. The Labute approximate surface area is 121 Å². The van der Waals surface area contributed by atoms with Crippen molar-refractivity contribution in [2.45, 2.75) is 19.0 Å². The maximum Gasteiger partial charge on any atom is 0.393 e. The summed E-state index contributed by atoms with van der Waals surface area (Å²) in [7, 11) is 0. The number of nitrogens with one attached hydrogen (secondary N) is 1. The van der Waals surface area contributed by atoms with Gasteiger partial charge in [0.05, 0.1) is 17.8 Å². The number of carboxylic acid groups (broad SMARTS) is 1. The maximum absolute atomic E-state index is 12.9. The molecule has 0 aromatic carbocycles. The Balaban J connectivity index is 2.35. The molecule has 2 rings (SSSR count). The number of aliphatic carboxylic acids is 1. The van der Waals surface area contributed by atoms with Gasteiger partial charge in [0.15, 0.2) is 5.41 Å². The van der Waals surface area contributed by atoms with Crippen LogP contribution in [0.2, 0.25) is 0 Å². The molecule has 1 aliphatic heterocycles. The van der Waals surface area contributed by atoms with E-state index in [2.05, 4.69) is 15.2 Å². The zero-order valence-electron chi connectivity index (χ0n) is 11.1. The molecule has 4 N–H and O–H groups in total. The number of aromatic nitrogens is 3. The van der Waals surface area contributed by atoms with Crippen LogP contribution in [-0.2, 0) is 16.0 Å². The minimum atomic E-state index is -4.61. The van der Waals surface area contributed by atoms with Crippen LogP contribution in [0.5, 0.6) is 0 Å². The molecule has 0 saturated carbocycles. The Bertz CT molecular complexity index is 592. The molecular weight excluding hydrogens is 307 g/mol. The topological polar surface area (TPSA) is 131 Å². The molecule has 120 valence electrons. The third-order valence-electron chi connectivity index (χ3n) is 3.52. The highest BCUT2D eigenvalue weighted by molar-refractivity contribution is 6.02. The smallest absolute Gasteiger partial charge is 0.393 e. The van der Waals surface area contributed by atoms with Crippen molar-refractivity contribution in [2.75, 3.05) is 12.3 Å². The highest BCUT2D eigenvalue weighted by Crippen LogP contribution is 2.41. The Hall–Kier alpha value is -2.46. The second-order valence-electron chi connectivity index (χ2n) is 5.02. The number of hydrogen-bond donors (Lipinski definition) is 3. The molecular formula is C11H12F3N5O3. The molecule has 1 aromatic heterocycles. The number of nitrogens with zero attached hydrogens (tertiary/aromatic N) is 3. The molecule has 11 heteroatoms. The maximum atomic E-state index is 12.9. The van der Waals surface area contributed by atoms with Crippen molar-refractivity contribution >= 4 is 17.8 Å². The number of piperidine rings is 1. The predicted molar refractivity (Wildman–Crippen MR) is 65.2 cm³/mol. The molecule has 0 aliphatic carbocycles. The monoisotopic (exact) mass is 319 g/mol. The van der Waals surface area contributed by atoms with Gasteiger partial charge in [0.25, 0.3) is 0 Å². The van der Waals surface area contributed by atoms with Crippen LogP contribution in [0.4, 0.5) is 19.1 Å². The first-order valence-corrected chi connectivity index (χ1v) is 6.17. The lowest BCUT2D eigenvalue weighted by Gasteiger charge is -2.37. The number of carboxylic acids is 1. The van der Waals surface area contributed by atoms with Crippen LogP contribution in [0, 0.1) is 11.3 Å². The van der Waals surface area contributed by atoms with Gasteiger partial charge in [-0.25, -0.2) is 4.98 Å². The summed E-state index contributed by atoms with van der Waals surface area (Å²) in [6, 6.07) is 0. The minimum absolute atomic E-state index is 0.0328. The van der Waals surface area contributed by atoms with E-state index in [4.69, 9.17) is 5.73 Å². The first kappa shape index (κ1) is 15.9. The highest BCUT2D eigenvalue weighted by atomic mass is 19.4. The summed E-state index contributed by atoms with van der Waals surface area (Å²) in [5.41, 5.74) is 2.92. The Morgan fingerprint density at radius 2 is 2.18 bits per heavy atom. The first-order chi connectivity index (χ1) is 10.1. The fourth-order valence-corrected chi connectivity index (χ4v) is 2.31. The number of amides is 1. The van der Waals surface area contributed by atoms with Gasteiger partial charge in [-0.05, 0) is 6.42 Å². The van der Waals surface area contributed by atoms with Crippen LogP contribution in [0.3, 0.4) is 0 Å². The first-order valence-electron chi connectivity index (χ1n) is 6.17. The molecule has 1 aromatic rings. The van der Waals surface area contributed by atoms with E-state index >= 15 is 0 Å². The molecule has 1 aliphatic rings. The molecule has 0 radical (unpaired) electrons. The van der Waals surface area contributed by atoms with E-state index < -0.39 is 48.8 Å². The zero-order valence-corrected chi connectivity index (χ0v) is 11.1. The van der Waals surface area contributed by atoms with Crippen LogP contribution in [0.1, 0.15) is 12.1 Å². The van der Waals surface area contributed by atoms with E-state index in [1.807, 2.05) is 5.32 Å². The Morgan fingerprint density at radius 3 is 2.68 bits per heavy atom. The standard InChI is InChI=1S/C11H12F3N5O3/c12-11(13,14)5-1-10(8(21)22,7(20)16-3-5)2-6-4-17-9(15)19-18-6/h4-5H,1-3H2,(H,16,20)(H,21,22)(H2,15,17,19)/t5-,10-/m1/s1. The number of halogens is 3. The van der Waals surface area contributed by atoms with Gasteiger partial charge >= 0.3 is 12.1 Å². The molecule has 22 heavy (non-hydrogen) atoms. The van der Waals surface area contributed by atoms with Gasteiger partial charge in [-0.3, -0.25) is 9.59 Å². The highest BCUT2D eigenvalue weighted by Gasteiger charge is 2.56. The lowest BCUT2D eigenvalue weighted by Crippen LogP contribution is -2.57. The summed E-state index contributed by atoms with van der Waals surface area (Å²) in [6.07, 6.45) is -4.96. The fraction of sp³-hybridized carbons (Fsp3) is 0.545. The predicted octanol–water partition coefficient (Wildman–Crippen LogP) is -0.234. The lowest BCUT2D eigenvalue weighted by atomic mass is 9.72. The lowest BCUT2D eigenvalue weighted by molar-refractivity contribution is -0.194.